The van der Waals surface area contributed by atoms with E-state index in [2.05, 4.69) is 4.74 Å². The Bertz CT molecular complexity index is 360. The van der Waals surface area contributed by atoms with Crippen LogP contribution in [0.4, 0.5) is 8.78 Å². The van der Waals surface area contributed by atoms with Crippen LogP contribution in [-0.4, -0.2) is 25.1 Å². The molecule has 0 amide bonds. The number of rotatable bonds is 5. The Morgan fingerprint density at radius 3 is 2.41 bits per heavy atom. The number of halogens is 2. The van der Waals surface area contributed by atoms with Crippen molar-refractivity contribution in [3.63, 3.8) is 0 Å². The number of methoxy groups -OCH3 is 1. The predicted molar refractivity (Wildman–Crippen MR) is 57.7 cm³/mol. The molecule has 0 aromatic heterocycles. The van der Waals surface area contributed by atoms with Crippen molar-refractivity contribution in [2.75, 3.05) is 7.11 Å². The highest BCUT2D eigenvalue weighted by atomic mass is 19.3. The summed E-state index contributed by atoms with van der Waals surface area (Å²) in [4.78, 5) is 11.2. The Morgan fingerprint density at radius 2 is 1.94 bits per heavy atom. The fourth-order valence-corrected chi connectivity index (χ4v) is 1.28. The molecule has 0 radical (unpaired) electrons. The molecule has 0 spiro atoms. The maximum absolute atomic E-state index is 13.1. The third-order valence-electron chi connectivity index (χ3n) is 2.14. The molecule has 0 N–H and O–H groups in total. The standard InChI is InChI=1S/C12H14F2O3/c1-12(13,14)10(11(15)16-2)17-8-9-6-4-3-5-7-9/h3-7,10H,8H2,1-2H3/t10-/m1/s1. The van der Waals surface area contributed by atoms with E-state index in [-0.39, 0.29) is 6.61 Å². The summed E-state index contributed by atoms with van der Waals surface area (Å²) < 4.78 is 35.4. The van der Waals surface area contributed by atoms with Crippen LogP contribution in [0.15, 0.2) is 30.3 Å². The average molecular weight is 244 g/mol. The molecule has 1 atom stereocenters. The monoisotopic (exact) mass is 244 g/mol. The minimum absolute atomic E-state index is 0.0654. The van der Waals surface area contributed by atoms with Crippen LogP contribution in [0.5, 0.6) is 0 Å². The minimum Gasteiger partial charge on any atom is -0.467 e. The topological polar surface area (TPSA) is 35.5 Å². The molecule has 17 heavy (non-hydrogen) atoms. The number of alkyl halides is 2. The molecular formula is C12H14F2O3. The summed E-state index contributed by atoms with van der Waals surface area (Å²) in [6.07, 6.45) is -1.88. The number of ether oxygens (including phenoxy) is 2. The van der Waals surface area contributed by atoms with Gasteiger partial charge in [0.15, 0.2) is 0 Å². The summed E-state index contributed by atoms with van der Waals surface area (Å²) in [6, 6.07) is 8.77. The first kappa shape index (κ1) is 13.6. The molecule has 0 bridgehead atoms. The molecule has 0 unspecified atom stereocenters. The number of carbonyl (C=O) groups is 1. The SMILES string of the molecule is COC(=O)[C@@H](OCc1ccccc1)C(C)(F)F. The van der Waals surface area contributed by atoms with Gasteiger partial charge in [-0.3, -0.25) is 0 Å². The first-order chi connectivity index (χ1) is 7.95. The highest BCUT2D eigenvalue weighted by molar-refractivity contribution is 5.75. The van der Waals surface area contributed by atoms with Crippen molar-refractivity contribution < 1.29 is 23.0 Å². The lowest BCUT2D eigenvalue weighted by molar-refractivity contribution is -0.182. The second-order valence-corrected chi connectivity index (χ2v) is 3.66. The zero-order valence-corrected chi connectivity index (χ0v) is 9.65. The van der Waals surface area contributed by atoms with Gasteiger partial charge in [0, 0.05) is 6.92 Å². The number of esters is 1. The second-order valence-electron chi connectivity index (χ2n) is 3.66. The van der Waals surface area contributed by atoms with Gasteiger partial charge in [-0.15, -0.1) is 0 Å². The lowest BCUT2D eigenvalue weighted by Crippen LogP contribution is -2.40. The Kier molecular flexibility index (Phi) is 4.57. The molecular weight excluding hydrogens is 230 g/mol. The summed E-state index contributed by atoms with van der Waals surface area (Å²) in [5.41, 5.74) is 0.714. The number of carbonyl (C=O) groups excluding carboxylic acids is 1. The van der Waals surface area contributed by atoms with Crippen molar-refractivity contribution in [1.29, 1.82) is 0 Å². The van der Waals surface area contributed by atoms with E-state index in [1.54, 1.807) is 30.3 Å². The highest BCUT2D eigenvalue weighted by Gasteiger charge is 2.41. The molecule has 0 aliphatic rings. The molecule has 0 saturated heterocycles. The number of hydrogen-bond acceptors (Lipinski definition) is 3. The van der Waals surface area contributed by atoms with Gasteiger partial charge in [-0.1, -0.05) is 30.3 Å². The van der Waals surface area contributed by atoms with Crippen LogP contribution in [-0.2, 0) is 20.9 Å². The second kappa shape index (κ2) is 5.72. The van der Waals surface area contributed by atoms with Crippen molar-refractivity contribution in [3.05, 3.63) is 35.9 Å². The Hall–Kier alpha value is -1.49. The third-order valence-corrected chi connectivity index (χ3v) is 2.14. The maximum atomic E-state index is 13.1. The Morgan fingerprint density at radius 1 is 1.35 bits per heavy atom. The van der Waals surface area contributed by atoms with Crippen molar-refractivity contribution in [1.82, 2.24) is 0 Å². The smallest absolute Gasteiger partial charge is 0.341 e. The largest absolute Gasteiger partial charge is 0.467 e. The molecule has 0 fully saturated rings. The molecule has 0 aliphatic carbocycles. The lowest BCUT2D eigenvalue weighted by atomic mass is 10.2. The van der Waals surface area contributed by atoms with Crippen LogP contribution in [0.1, 0.15) is 12.5 Å². The van der Waals surface area contributed by atoms with Gasteiger partial charge in [-0.25, -0.2) is 13.6 Å². The molecule has 0 aliphatic heterocycles. The third kappa shape index (κ3) is 4.11. The summed E-state index contributed by atoms with van der Waals surface area (Å²) in [7, 11) is 1.05. The van der Waals surface area contributed by atoms with Crippen LogP contribution in [0, 0.1) is 0 Å². The van der Waals surface area contributed by atoms with E-state index in [4.69, 9.17) is 4.74 Å². The molecule has 1 aromatic rings. The van der Waals surface area contributed by atoms with Gasteiger partial charge in [-0.2, -0.15) is 0 Å². The van der Waals surface area contributed by atoms with Gasteiger partial charge in [0.2, 0.25) is 6.10 Å². The molecule has 1 aromatic carbocycles. The van der Waals surface area contributed by atoms with Gasteiger partial charge in [0.1, 0.15) is 0 Å². The van der Waals surface area contributed by atoms with Gasteiger partial charge >= 0.3 is 5.97 Å². The summed E-state index contributed by atoms with van der Waals surface area (Å²) in [5, 5.41) is 0. The van der Waals surface area contributed by atoms with E-state index >= 15 is 0 Å². The van der Waals surface area contributed by atoms with Crippen LogP contribution < -0.4 is 0 Å². The summed E-state index contributed by atoms with van der Waals surface area (Å²) >= 11 is 0. The van der Waals surface area contributed by atoms with Crippen molar-refractivity contribution >= 4 is 5.97 Å². The average Bonchev–Trinajstić information content (AvgIpc) is 2.28. The Labute approximate surface area is 98.3 Å². The zero-order valence-electron chi connectivity index (χ0n) is 9.65. The first-order valence-electron chi connectivity index (χ1n) is 5.06. The summed E-state index contributed by atoms with van der Waals surface area (Å²) in [5.74, 6) is -4.35. The maximum Gasteiger partial charge on any atom is 0.341 e. The normalized spacial score (nSPS) is 13.2. The first-order valence-corrected chi connectivity index (χ1v) is 5.06. The van der Waals surface area contributed by atoms with Crippen molar-refractivity contribution in [2.45, 2.75) is 25.6 Å². The summed E-state index contributed by atoms with van der Waals surface area (Å²) in [6.45, 7) is 0.559. The fourth-order valence-electron chi connectivity index (χ4n) is 1.28. The predicted octanol–water partition coefficient (Wildman–Crippen LogP) is 2.40. The zero-order chi connectivity index (χ0) is 12.9. The molecule has 5 heteroatoms. The van der Waals surface area contributed by atoms with Crippen molar-refractivity contribution in [3.8, 4) is 0 Å². The lowest BCUT2D eigenvalue weighted by Gasteiger charge is -2.21. The van der Waals surface area contributed by atoms with Gasteiger partial charge in [0.25, 0.3) is 5.92 Å². The van der Waals surface area contributed by atoms with Gasteiger partial charge in [-0.05, 0) is 5.56 Å². The van der Waals surface area contributed by atoms with E-state index in [0.717, 1.165) is 7.11 Å². The molecule has 0 heterocycles. The van der Waals surface area contributed by atoms with Crippen LogP contribution >= 0.6 is 0 Å². The van der Waals surface area contributed by atoms with Crippen molar-refractivity contribution in [2.24, 2.45) is 0 Å². The molecule has 1 rings (SSSR count). The van der Waals surface area contributed by atoms with Crippen LogP contribution in [0.3, 0.4) is 0 Å². The number of benzene rings is 1. The van der Waals surface area contributed by atoms with Crippen LogP contribution in [0.2, 0.25) is 0 Å². The molecule has 3 nitrogen and oxygen atoms in total. The molecule has 0 saturated carbocycles. The van der Waals surface area contributed by atoms with E-state index in [1.165, 1.54) is 0 Å². The highest BCUT2D eigenvalue weighted by Crippen LogP contribution is 2.22. The van der Waals surface area contributed by atoms with E-state index in [0.29, 0.717) is 12.5 Å². The quantitative estimate of drug-likeness (QED) is 0.746. The van der Waals surface area contributed by atoms with Gasteiger partial charge < -0.3 is 9.47 Å². The van der Waals surface area contributed by atoms with E-state index in [1.807, 2.05) is 0 Å². The van der Waals surface area contributed by atoms with E-state index in [9.17, 15) is 13.6 Å². The molecule has 94 valence electrons. The minimum atomic E-state index is -3.28. The van der Waals surface area contributed by atoms with E-state index < -0.39 is 18.0 Å². The Balaban J connectivity index is 2.65. The van der Waals surface area contributed by atoms with Gasteiger partial charge in [0.05, 0.1) is 13.7 Å². The van der Waals surface area contributed by atoms with Crippen LogP contribution in [0.25, 0.3) is 0 Å². The number of hydrogen-bond donors (Lipinski definition) is 0. The fraction of sp³-hybridized carbons (Fsp3) is 0.417.